The number of hydrogen-bond acceptors (Lipinski definition) is 3. The van der Waals surface area contributed by atoms with Crippen molar-refractivity contribution in [2.45, 2.75) is 18.9 Å². The van der Waals surface area contributed by atoms with E-state index in [0.717, 1.165) is 31.4 Å². The summed E-state index contributed by atoms with van der Waals surface area (Å²) in [5.74, 6) is 0.175. The molecule has 0 radical (unpaired) electrons. The molecule has 2 unspecified atom stereocenters. The average molecular weight is 219 g/mol. The summed E-state index contributed by atoms with van der Waals surface area (Å²) < 4.78 is 0. The molecule has 3 heteroatoms. The third-order valence-electron chi connectivity index (χ3n) is 3.49. The number of carbonyl (C=O) groups is 1. The Morgan fingerprint density at radius 3 is 2.88 bits per heavy atom. The van der Waals surface area contributed by atoms with Crippen LogP contribution in [0.1, 0.15) is 29.3 Å². The zero-order chi connectivity index (χ0) is 11.6. The molecule has 0 saturated carbocycles. The van der Waals surface area contributed by atoms with Crippen molar-refractivity contribution in [2.24, 2.45) is 5.92 Å². The summed E-state index contributed by atoms with van der Waals surface area (Å²) in [7, 11) is 0. The van der Waals surface area contributed by atoms with Gasteiger partial charge in [0.15, 0.2) is 0 Å². The normalized spacial score (nSPS) is 24.0. The number of rotatable bonds is 3. The molecule has 86 valence electrons. The van der Waals surface area contributed by atoms with Crippen molar-refractivity contribution in [3.8, 4) is 0 Å². The van der Waals surface area contributed by atoms with Gasteiger partial charge in [0.1, 0.15) is 6.29 Å². The van der Waals surface area contributed by atoms with Gasteiger partial charge in [-0.3, -0.25) is 4.79 Å². The van der Waals surface area contributed by atoms with Crippen molar-refractivity contribution in [1.82, 2.24) is 5.32 Å². The lowest BCUT2D eigenvalue weighted by molar-refractivity contribution is 0.00164. The minimum Gasteiger partial charge on any atom is -0.385 e. The molecule has 1 aliphatic rings. The SMILES string of the molecule is CC(O)(c1ccccc1C=O)C1CCNC1. The highest BCUT2D eigenvalue weighted by Gasteiger charge is 2.36. The highest BCUT2D eigenvalue weighted by atomic mass is 16.3. The molecule has 1 heterocycles. The van der Waals surface area contributed by atoms with Crippen LogP contribution in [0.2, 0.25) is 0 Å². The van der Waals surface area contributed by atoms with Gasteiger partial charge in [-0.1, -0.05) is 24.3 Å². The topological polar surface area (TPSA) is 49.3 Å². The van der Waals surface area contributed by atoms with Crippen molar-refractivity contribution in [1.29, 1.82) is 0 Å². The molecule has 0 aromatic heterocycles. The highest BCUT2D eigenvalue weighted by molar-refractivity contribution is 5.77. The van der Waals surface area contributed by atoms with Gasteiger partial charge in [-0.25, -0.2) is 0 Å². The number of benzene rings is 1. The van der Waals surface area contributed by atoms with E-state index in [0.29, 0.717) is 5.56 Å². The lowest BCUT2D eigenvalue weighted by Gasteiger charge is -2.31. The molecular weight excluding hydrogens is 202 g/mol. The molecule has 1 aromatic carbocycles. The predicted octanol–water partition coefficient (Wildman–Crippen LogP) is 1.32. The Bertz CT molecular complexity index is 381. The van der Waals surface area contributed by atoms with Crippen LogP contribution in [0, 0.1) is 5.92 Å². The van der Waals surface area contributed by atoms with E-state index in [1.165, 1.54) is 0 Å². The number of nitrogens with one attached hydrogen (secondary N) is 1. The molecule has 0 aliphatic carbocycles. The molecule has 0 bridgehead atoms. The maximum Gasteiger partial charge on any atom is 0.150 e. The minimum absolute atomic E-state index is 0.175. The van der Waals surface area contributed by atoms with Gasteiger partial charge in [0.05, 0.1) is 5.60 Å². The van der Waals surface area contributed by atoms with E-state index in [1.807, 2.05) is 18.2 Å². The van der Waals surface area contributed by atoms with Gasteiger partial charge >= 0.3 is 0 Å². The van der Waals surface area contributed by atoms with E-state index in [-0.39, 0.29) is 5.92 Å². The molecule has 16 heavy (non-hydrogen) atoms. The first kappa shape index (κ1) is 11.3. The van der Waals surface area contributed by atoms with Gasteiger partial charge in [0.25, 0.3) is 0 Å². The van der Waals surface area contributed by atoms with Gasteiger partial charge in [0.2, 0.25) is 0 Å². The quantitative estimate of drug-likeness (QED) is 0.754. The lowest BCUT2D eigenvalue weighted by atomic mass is 9.80. The van der Waals surface area contributed by atoms with Crippen molar-refractivity contribution in [3.63, 3.8) is 0 Å². The molecule has 1 aromatic rings. The smallest absolute Gasteiger partial charge is 0.150 e. The van der Waals surface area contributed by atoms with Gasteiger partial charge in [0, 0.05) is 18.0 Å². The molecule has 0 amide bonds. The summed E-state index contributed by atoms with van der Waals surface area (Å²) >= 11 is 0. The van der Waals surface area contributed by atoms with Crippen molar-refractivity contribution >= 4 is 6.29 Å². The molecule has 3 nitrogen and oxygen atoms in total. The van der Waals surface area contributed by atoms with E-state index in [2.05, 4.69) is 5.32 Å². The van der Waals surface area contributed by atoms with Crippen LogP contribution in [-0.4, -0.2) is 24.5 Å². The third-order valence-corrected chi connectivity index (χ3v) is 3.49. The van der Waals surface area contributed by atoms with Gasteiger partial charge in [-0.05, 0) is 25.5 Å². The van der Waals surface area contributed by atoms with Crippen molar-refractivity contribution in [3.05, 3.63) is 35.4 Å². The largest absolute Gasteiger partial charge is 0.385 e. The van der Waals surface area contributed by atoms with Crippen LogP contribution in [0.5, 0.6) is 0 Å². The Labute approximate surface area is 95.5 Å². The van der Waals surface area contributed by atoms with Gasteiger partial charge < -0.3 is 10.4 Å². The first-order chi connectivity index (χ1) is 7.66. The zero-order valence-corrected chi connectivity index (χ0v) is 9.44. The second kappa shape index (κ2) is 4.36. The van der Waals surface area contributed by atoms with E-state index in [1.54, 1.807) is 13.0 Å². The Morgan fingerprint density at radius 2 is 2.25 bits per heavy atom. The van der Waals surface area contributed by atoms with Crippen LogP contribution < -0.4 is 5.32 Å². The molecule has 1 saturated heterocycles. The van der Waals surface area contributed by atoms with Crippen LogP contribution >= 0.6 is 0 Å². The maximum absolute atomic E-state index is 11.0. The van der Waals surface area contributed by atoms with Crippen molar-refractivity contribution in [2.75, 3.05) is 13.1 Å². The standard InChI is InChI=1S/C13H17NO2/c1-13(16,11-6-7-14-8-11)12-5-3-2-4-10(12)9-15/h2-5,9,11,14,16H,6-8H2,1H3. The summed E-state index contributed by atoms with van der Waals surface area (Å²) in [6, 6.07) is 7.26. The summed E-state index contributed by atoms with van der Waals surface area (Å²) in [6.07, 6.45) is 1.76. The van der Waals surface area contributed by atoms with Crippen LogP contribution in [0.3, 0.4) is 0 Å². The van der Waals surface area contributed by atoms with E-state index in [9.17, 15) is 9.90 Å². The number of aliphatic hydroxyl groups is 1. The van der Waals surface area contributed by atoms with E-state index < -0.39 is 5.60 Å². The molecule has 2 atom stereocenters. The molecule has 1 fully saturated rings. The Morgan fingerprint density at radius 1 is 1.50 bits per heavy atom. The van der Waals surface area contributed by atoms with Crippen molar-refractivity contribution < 1.29 is 9.90 Å². The van der Waals surface area contributed by atoms with E-state index in [4.69, 9.17) is 0 Å². The van der Waals surface area contributed by atoms with Crippen LogP contribution in [0.15, 0.2) is 24.3 Å². The fourth-order valence-corrected chi connectivity index (χ4v) is 2.42. The maximum atomic E-state index is 11.0. The second-order valence-corrected chi connectivity index (χ2v) is 4.54. The van der Waals surface area contributed by atoms with Crippen LogP contribution in [0.25, 0.3) is 0 Å². The molecule has 0 spiro atoms. The third kappa shape index (κ3) is 1.88. The summed E-state index contributed by atoms with van der Waals surface area (Å²) in [5.41, 5.74) is 0.388. The van der Waals surface area contributed by atoms with Crippen LogP contribution in [0.4, 0.5) is 0 Å². The number of hydrogen-bond donors (Lipinski definition) is 2. The molecular formula is C13H17NO2. The van der Waals surface area contributed by atoms with Gasteiger partial charge in [-0.15, -0.1) is 0 Å². The zero-order valence-electron chi connectivity index (χ0n) is 9.44. The first-order valence-corrected chi connectivity index (χ1v) is 5.64. The molecule has 2 N–H and O–H groups in total. The molecule has 2 rings (SSSR count). The molecule has 1 aliphatic heterocycles. The monoisotopic (exact) mass is 219 g/mol. The predicted molar refractivity (Wildman–Crippen MR) is 62.4 cm³/mol. The summed E-state index contributed by atoms with van der Waals surface area (Å²) in [6.45, 7) is 3.54. The Balaban J connectivity index is 2.37. The summed E-state index contributed by atoms with van der Waals surface area (Å²) in [4.78, 5) is 11.0. The lowest BCUT2D eigenvalue weighted by Crippen LogP contribution is -2.34. The fourth-order valence-electron chi connectivity index (χ4n) is 2.42. The fraction of sp³-hybridized carbons (Fsp3) is 0.462. The Kier molecular flexibility index (Phi) is 3.08. The minimum atomic E-state index is -0.930. The second-order valence-electron chi connectivity index (χ2n) is 4.54. The average Bonchev–Trinajstić information content (AvgIpc) is 2.83. The highest BCUT2D eigenvalue weighted by Crippen LogP contribution is 2.34. The first-order valence-electron chi connectivity index (χ1n) is 5.64. The number of carbonyl (C=O) groups excluding carboxylic acids is 1. The van der Waals surface area contributed by atoms with Gasteiger partial charge in [-0.2, -0.15) is 0 Å². The number of aldehydes is 1. The van der Waals surface area contributed by atoms with E-state index >= 15 is 0 Å². The van der Waals surface area contributed by atoms with Crippen LogP contribution in [-0.2, 0) is 5.60 Å². The summed E-state index contributed by atoms with van der Waals surface area (Å²) in [5, 5.41) is 13.8. The Hall–Kier alpha value is -1.19.